The summed E-state index contributed by atoms with van der Waals surface area (Å²) in [4.78, 5) is 11.7. The number of methoxy groups -OCH3 is 1. The minimum atomic E-state index is -0.506. The highest BCUT2D eigenvalue weighted by Gasteiger charge is 2.19. The average molecular weight is 294 g/mol. The van der Waals surface area contributed by atoms with Crippen LogP contribution in [0.4, 0.5) is 4.79 Å². The van der Waals surface area contributed by atoms with Gasteiger partial charge in [-0.05, 0) is 44.9 Å². The van der Waals surface area contributed by atoms with Crippen LogP contribution in [0.15, 0.2) is 18.2 Å². The van der Waals surface area contributed by atoms with E-state index in [0.29, 0.717) is 13.1 Å². The maximum Gasteiger partial charge on any atom is 0.407 e. The van der Waals surface area contributed by atoms with Gasteiger partial charge in [0, 0.05) is 19.0 Å². The number of rotatable bonds is 5. The first-order valence-electron chi connectivity index (χ1n) is 7.09. The molecule has 0 saturated heterocycles. The number of benzene rings is 1. The predicted molar refractivity (Wildman–Crippen MR) is 83.8 cm³/mol. The molecular formula is C16H26N2O3. The molecule has 0 spiro atoms. The molecule has 0 bridgehead atoms. The minimum Gasteiger partial charge on any atom is -0.496 e. The molecule has 0 saturated carbocycles. The van der Waals surface area contributed by atoms with Gasteiger partial charge in [0.15, 0.2) is 0 Å². The largest absolute Gasteiger partial charge is 0.496 e. The van der Waals surface area contributed by atoms with Gasteiger partial charge in [0.25, 0.3) is 0 Å². The molecule has 1 unspecified atom stereocenters. The second-order valence-electron chi connectivity index (χ2n) is 5.99. The molecule has 0 heterocycles. The maximum atomic E-state index is 11.7. The van der Waals surface area contributed by atoms with E-state index in [1.165, 1.54) is 0 Å². The fraction of sp³-hybridized carbons (Fsp3) is 0.562. The first-order chi connectivity index (χ1) is 9.78. The van der Waals surface area contributed by atoms with Gasteiger partial charge in [-0.1, -0.05) is 12.1 Å². The van der Waals surface area contributed by atoms with Gasteiger partial charge in [0.2, 0.25) is 0 Å². The van der Waals surface area contributed by atoms with E-state index in [2.05, 4.69) is 5.32 Å². The van der Waals surface area contributed by atoms with Crippen molar-refractivity contribution in [3.63, 3.8) is 0 Å². The lowest BCUT2D eigenvalue weighted by atomic mass is 9.94. The molecule has 118 valence electrons. The zero-order valence-corrected chi connectivity index (χ0v) is 13.5. The minimum absolute atomic E-state index is 0.0209. The van der Waals surface area contributed by atoms with Gasteiger partial charge in [-0.25, -0.2) is 4.79 Å². The molecule has 3 N–H and O–H groups in total. The second kappa shape index (κ2) is 7.31. The summed E-state index contributed by atoms with van der Waals surface area (Å²) in [5.74, 6) is 0.843. The molecule has 1 amide bonds. The molecule has 5 nitrogen and oxygen atoms in total. The molecule has 1 atom stereocenters. The van der Waals surface area contributed by atoms with Crippen molar-refractivity contribution in [2.24, 2.45) is 5.73 Å². The van der Waals surface area contributed by atoms with Gasteiger partial charge in [0.05, 0.1) is 7.11 Å². The Labute approximate surface area is 126 Å². The van der Waals surface area contributed by atoms with Crippen molar-refractivity contribution in [2.75, 3.05) is 20.2 Å². The van der Waals surface area contributed by atoms with Gasteiger partial charge in [0.1, 0.15) is 11.4 Å². The number of nitrogens with two attached hydrogens (primary N) is 1. The molecular weight excluding hydrogens is 268 g/mol. The number of nitrogens with one attached hydrogen (secondary N) is 1. The van der Waals surface area contributed by atoms with Crippen LogP contribution in [0.2, 0.25) is 0 Å². The Balaban J connectivity index is 2.74. The van der Waals surface area contributed by atoms with Crippen LogP contribution in [0.5, 0.6) is 5.75 Å². The smallest absolute Gasteiger partial charge is 0.407 e. The van der Waals surface area contributed by atoms with Gasteiger partial charge in [-0.2, -0.15) is 0 Å². The zero-order chi connectivity index (χ0) is 16.0. The van der Waals surface area contributed by atoms with Crippen molar-refractivity contribution in [1.82, 2.24) is 5.32 Å². The van der Waals surface area contributed by atoms with Crippen molar-refractivity contribution < 1.29 is 14.3 Å². The van der Waals surface area contributed by atoms with Gasteiger partial charge in [-0.3, -0.25) is 0 Å². The van der Waals surface area contributed by atoms with Crippen molar-refractivity contribution >= 4 is 6.09 Å². The van der Waals surface area contributed by atoms with Crippen molar-refractivity contribution in [1.29, 1.82) is 0 Å². The fourth-order valence-electron chi connectivity index (χ4n) is 2.14. The third kappa shape index (κ3) is 5.27. The molecule has 1 aromatic rings. The first kappa shape index (κ1) is 17.3. The van der Waals surface area contributed by atoms with Crippen LogP contribution in [0.25, 0.3) is 0 Å². The normalized spacial score (nSPS) is 12.7. The molecule has 0 radical (unpaired) electrons. The summed E-state index contributed by atoms with van der Waals surface area (Å²) >= 11 is 0. The number of hydrogen-bond acceptors (Lipinski definition) is 4. The summed E-state index contributed by atoms with van der Waals surface area (Å²) in [6, 6.07) is 5.84. The summed E-state index contributed by atoms with van der Waals surface area (Å²) in [6.45, 7) is 8.35. The van der Waals surface area contributed by atoms with E-state index < -0.39 is 11.7 Å². The zero-order valence-electron chi connectivity index (χ0n) is 13.5. The van der Waals surface area contributed by atoms with Gasteiger partial charge in [-0.15, -0.1) is 0 Å². The fourth-order valence-corrected chi connectivity index (χ4v) is 2.14. The Morgan fingerprint density at radius 3 is 2.57 bits per heavy atom. The number of carbonyl (C=O) groups excluding carboxylic acids is 1. The van der Waals surface area contributed by atoms with Crippen LogP contribution in [0.3, 0.4) is 0 Å². The summed E-state index contributed by atoms with van der Waals surface area (Å²) < 4.78 is 10.5. The Morgan fingerprint density at radius 1 is 1.38 bits per heavy atom. The summed E-state index contributed by atoms with van der Waals surface area (Å²) in [5, 5.41) is 2.77. The SMILES string of the molecule is COc1cccc(C(CN)CNC(=O)OC(C)(C)C)c1C. The van der Waals surface area contributed by atoms with Crippen LogP contribution in [0.1, 0.15) is 37.8 Å². The predicted octanol–water partition coefficient (Wildman–Crippen LogP) is 2.57. The van der Waals surface area contributed by atoms with Crippen molar-refractivity contribution in [2.45, 2.75) is 39.2 Å². The van der Waals surface area contributed by atoms with E-state index >= 15 is 0 Å². The van der Waals surface area contributed by atoms with E-state index in [-0.39, 0.29) is 5.92 Å². The van der Waals surface area contributed by atoms with Crippen LogP contribution < -0.4 is 15.8 Å². The lowest BCUT2D eigenvalue weighted by Gasteiger charge is -2.22. The first-order valence-corrected chi connectivity index (χ1v) is 7.09. The van der Waals surface area contributed by atoms with E-state index in [1.54, 1.807) is 7.11 Å². The molecule has 0 fully saturated rings. The Hall–Kier alpha value is -1.75. The number of hydrogen-bond donors (Lipinski definition) is 2. The summed E-state index contributed by atoms with van der Waals surface area (Å²) in [5.41, 5.74) is 7.46. The van der Waals surface area contributed by atoms with Gasteiger partial charge >= 0.3 is 6.09 Å². The molecule has 5 heteroatoms. The third-order valence-corrected chi connectivity index (χ3v) is 3.16. The average Bonchev–Trinajstić information content (AvgIpc) is 2.39. The van der Waals surface area contributed by atoms with Gasteiger partial charge < -0.3 is 20.5 Å². The molecule has 0 aromatic heterocycles. The lowest BCUT2D eigenvalue weighted by Crippen LogP contribution is -2.36. The van der Waals surface area contributed by atoms with E-state index in [4.69, 9.17) is 15.2 Å². The molecule has 21 heavy (non-hydrogen) atoms. The number of amides is 1. The Bertz CT molecular complexity index is 481. The Kier molecular flexibility index (Phi) is 6.03. The molecule has 0 aliphatic carbocycles. The summed E-state index contributed by atoms with van der Waals surface area (Å²) in [7, 11) is 1.64. The standard InChI is InChI=1S/C16H26N2O3/c1-11-13(7-6-8-14(11)20-5)12(9-17)10-18-15(19)21-16(2,3)4/h6-8,12H,9-10,17H2,1-5H3,(H,18,19). The lowest BCUT2D eigenvalue weighted by molar-refractivity contribution is 0.0525. The summed E-state index contributed by atoms with van der Waals surface area (Å²) in [6.07, 6.45) is -0.429. The van der Waals surface area contributed by atoms with E-state index in [1.807, 2.05) is 45.9 Å². The van der Waals surface area contributed by atoms with E-state index in [9.17, 15) is 4.79 Å². The highest BCUT2D eigenvalue weighted by molar-refractivity contribution is 5.67. The third-order valence-electron chi connectivity index (χ3n) is 3.16. The molecule has 1 aromatic carbocycles. The van der Waals surface area contributed by atoms with Crippen LogP contribution in [-0.2, 0) is 4.74 Å². The second-order valence-corrected chi connectivity index (χ2v) is 5.99. The number of ether oxygens (including phenoxy) is 2. The quantitative estimate of drug-likeness (QED) is 0.875. The number of carbonyl (C=O) groups is 1. The topological polar surface area (TPSA) is 73.6 Å². The van der Waals surface area contributed by atoms with E-state index in [0.717, 1.165) is 16.9 Å². The molecule has 1 rings (SSSR count). The molecule has 0 aliphatic rings. The number of alkyl carbamates (subject to hydrolysis) is 1. The van der Waals surface area contributed by atoms with Crippen LogP contribution in [-0.4, -0.2) is 31.9 Å². The monoisotopic (exact) mass is 294 g/mol. The Morgan fingerprint density at radius 2 is 2.05 bits per heavy atom. The van der Waals surface area contributed by atoms with Crippen LogP contribution in [0, 0.1) is 6.92 Å². The van der Waals surface area contributed by atoms with Crippen LogP contribution >= 0.6 is 0 Å². The highest BCUT2D eigenvalue weighted by Crippen LogP contribution is 2.26. The molecule has 0 aliphatic heterocycles. The highest BCUT2D eigenvalue weighted by atomic mass is 16.6. The van der Waals surface area contributed by atoms with Crippen molar-refractivity contribution in [3.8, 4) is 5.75 Å². The van der Waals surface area contributed by atoms with Crippen molar-refractivity contribution in [3.05, 3.63) is 29.3 Å². The maximum absolute atomic E-state index is 11.7.